The molecule has 1 unspecified atom stereocenters. The summed E-state index contributed by atoms with van der Waals surface area (Å²) in [4.78, 5) is 15.7. The summed E-state index contributed by atoms with van der Waals surface area (Å²) in [7, 11) is 0. The van der Waals surface area contributed by atoms with Crippen LogP contribution in [0.3, 0.4) is 0 Å². The number of hydrogen-bond donors (Lipinski definition) is 0. The van der Waals surface area contributed by atoms with Crippen LogP contribution in [0.15, 0.2) is 72.5 Å². The summed E-state index contributed by atoms with van der Waals surface area (Å²) >= 11 is 0. The Balaban J connectivity index is 1.94. The number of nitrogens with zero attached hydrogens (tertiary/aromatic N) is 1. The Labute approximate surface area is 148 Å². The van der Waals surface area contributed by atoms with Crippen LogP contribution in [-0.4, -0.2) is 12.0 Å². The number of ether oxygens (including phenoxy) is 2. The van der Waals surface area contributed by atoms with Crippen LogP contribution in [0, 0.1) is 6.57 Å². The Morgan fingerprint density at radius 2 is 1.60 bits per heavy atom. The van der Waals surface area contributed by atoms with E-state index in [9.17, 15) is 4.79 Å². The molecule has 0 amide bonds. The van der Waals surface area contributed by atoms with Crippen molar-refractivity contribution >= 4 is 5.97 Å². The van der Waals surface area contributed by atoms with Crippen molar-refractivity contribution in [3.8, 4) is 0 Å². The molecule has 2 aromatic rings. The lowest BCUT2D eigenvalue weighted by atomic mass is 10.1. The standard InChI is InChI=1S/C21H21NO3/c1-3-19(16-24-14-17-10-6-4-7-11-17)20(22-2)21(23)25-15-18-12-8-5-9-13-18/h4-13,16,20H,3,14-15H2,1H3/b19-16+. The molecular weight excluding hydrogens is 314 g/mol. The molecule has 1 atom stereocenters. The number of esters is 1. The van der Waals surface area contributed by atoms with Crippen molar-refractivity contribution in [2.45, 2.75) is 32.6 Å². The fraction of sp³-hybridized carbons (Fsp3) is 0.238. The Kier molecular flexibility index (Phi) is 7.27. The predicted octanol–water partition coefficient (Wildman–Crippen LogP) is 4.53. The monoisotopic (exact) mass is 335 g/mol. The van der Waals surface area contributed by atoms with Gasteiger partial charge in [-0.25, -0.2) is 11.4 Å². The first-order valence-electron chi connectivity index (χ1n) is 8.16. The number of hydrogen-bond acceptors (Lipinski definition) is 3. The van der Waals surface area contributed by atoms with Gasteiger partial charge in [0.25, 0.3) is 0 Å². The zero-order valence-corrected chi connectivity index (χ0v) is 14.2. The zero-order chi connectivity index (χ0) is 17.9. The van der Waals surface area contributed by atoms with E-state index < -0.39 is 12.0 Å². The molecule has 4 heteroatoms. The molecule has 4 nitrogen and oxygen atoms in total. The molecule has 2 aromatic carbocycles. The van der Waals surface area contributed by atoms with E-state index in [1.54, 1.807) is 0 Å². The Hall–Kier alpha value is -3.06. The minimum Gasteiger partial charge on any atom is -0.496 e. The molecule has 0 radical (unpaired) electrons. The van der Waals surface area contributed by atoms with Gasteiger partial charge in [-0.1, -0.05) is 67.6 Å². The first-order valence-corrected chi connectivity index (χ1v) is 8.16. The molecule has 0 aliphatic carbocycles. The van der Waals surface area contributed by atoms with Crippen LogP contribution in [0.2, 0.25) is 0 Å². The van der Waals surface area contributed by atoms with Crippen LogP contribution >= 0.6 is 0 Å². The van der Waals surface area contributed by atoms with Crippen molar-refractivity contribution in [1.29, 1.82) is 0 Å². The smallest absolute Gasteiger partial charge is 0.395 e. The average Bonchev–Trinajstić information content (AvgIpc) is 2.67. The van der Waals surface area contributed by atoms with Crippen molar-refractivity contribution in [3.63, 3.8) is 0 Å². The summed E-state index contributed by atoms with van der Waals surface area (Å²) in [6.07, 6.45) is 2.06. The van der Waals surface area contributed by atoms with Crippen LogP contribution < -0.4 is 0 Å². The quantitative estimate of drug-likeness (QED) is 0.404. The molecule has 0 N–H and O–H groups in total. The summed E-state index contributed by atoms with van der Waals surface area (Å²) in [5.74, 6) is -0.546. The predicted molar refractivity (Wildman–Crippen MR) is 96.2 cm³/mol. The van der Waals surface area contributed by atoms with E-state index >= 15 is 0 Å². The Morgan fingerprint density at radius 3 is 2.12 bits per heavy atom. The highest BCUT2D eigenvalue weighted by atomic mass is 16.5. The van der Waals surface area contributed by atoms with Crippen LogP contribution in [0.4, 0.5) is 0 Å². The molecule has 0 spiro atoms. The van der Waals surface area contributed by atoms with Crippen molar-refractivity contribution in [3.05, 3.63) is 95.0 Å². The fourth-order valence-electron chi connectivity index (χ4n) is 2.25. The fourth-order valence-corrected chi connectivity index (χ4v) is 2.25. The van der Waals surface area contributed by atoms with Gasteiger partial charge >= 0.3 is 12.0 Å². The lowest BCUT2D eigenvalue weighted by molar-refractivity contribution is -0.144. The molecule has 0 aliphatic heterocycles. The van der Waals surface area contributed by atoms with Crippen LogP contribution in [0.25, 0.3) is 4.85 Å². The third kappa shape index (κ3) is 5.82. The minimum atomic E-state index is -0.968. The number of rotatable bonds is 8. The first-order chi connectivity index (χ1) is 12.2. The zero-order valence-electron chi connectivity index (χ0n) is 14.2. The van der Waals surface area contributed by atoms with E-state index in [2.05, 4.69) is 4.85 Å². The summed E-state index contributed by atoms with van der Waals surface area (Å²) in [5.41, 5.74) is 2.53. The molecular formula is C21H21NO3. The summed E-state index contributed by atoms with van der Waals surface area (Å²) in [5, 5.41) is 0. The van der Waals surface area contributed by atoms with Gasteiger partial charge in [0.2, 0.25) is 0 Å². The van der Waals surface area contributed by atoms with E-state index in [0.717, 1.165) is 11.1 Å². The Morgan fingerprint density at radius 1 is 1.04 bits per heavy atom. The molecule has 0 fully saturated rings. The van der Waals surface area contributed by atoms with Crippen molar-refractivity contribution in [1.82, 2.24) is 0 Å². The summed E-state index contributed by atoms with van der Waals surface area (Å²) in [6.45, 7) is 9.78. The lowest BCUT2D eigenvalue weighted by Crippen LogP contribution is -2.22. The van der Waals surface area contributed by atoms with Crippen molar-refractivity contribution in [2.75, 3.05) is 0 Å². The van der Waals surface area contributed by atoms with Gasteiger partial charge in [0.05, 0.1) is 11.8 Å². The van der Waals surface area contributed by atoms with Gasteiger partial charge in [-0.05, 0) is 17.5 Å². The SMILES string of the molecule is [C-]#[N+]C(C(=O)OCc1ccccc1)/C(=C/OCc1ccccc1)CC. The van der Waals surface area contributed by atoms with Crippen molar-refractivity contribution < 1.29 is 14.3 Å². The van der Waals surface area contributed by atoms with Gasteiger partial charge in [0.1, 0.15) is 13.2 Å². The highest BCUT2D eigenvalue weighted by Gasteiger charge is 2.29. The van der Waals surface area contributed by atoms with Gasteiger partial charge in [0.15, 0.2) is 0 Å². The van der Waals surface area contributed by atoms with E-state index in [1.165, 1.54) is 6.26 Å². The number of carbonyl (C=O) groups is 1. The molecule has 0 aliphatic rings. The van der Waals surface area contributed by atoms with Crippen LogP contribution in [0.5, 0.6) is 0 Å². The normalized spacial score (nSPS) is 12.1. The van der Waals surface area contributed by atoms with E-state index in [4.69, 9.17) is 16.0 Å². The first kappa shape index (κ1) is 18.3. The van der Waals surface area contributed by atoms with Gasteiger partial charge in [-0.3, -0.25) is 4.85 Å². The van der Waals surface area contributed by atoms with Gasteiger partial charge in [0, 0.05) is 0 Å². The maximum Gasteiger partial charge on any atom is 0.395 e. The second-order valence-corrected chi connectivity index (χ2v) is 5.47. The van der Waals surface area contributed by atoms with E-state index in [1.807, 2.05) is 67.6 Å². The topological polar surface area (TPSA) is 39.9 Å². The number of benzene rings is 2. The molecule has 0 aromatic heterocycles. The highest BCUT2D eigenvalue weighted by Crippen LogP contribution is 2.15. The number of carbonyl (C=O) groups excluding carboxylic acids is 1. The summed E-state index contributed by atoms with van der Waals surface area (Å²) < 4.78 is 10.8. The lowest BCUT2D eigenvalue weighted by Gasteiger charge is -2.10. The van der Waals surface area contributed by atoms with E-state index in [0.29, 0.717) is 18.6 Å². The summed E-state index contributed by atoms with van der Waals surface area (Å²) in [6, 6.07) is 18.2. The van der Waals surface area contributed by atoms with Crippen molar-refractivity contribution in [2.24, 2.45) is 0 Å². The molecule has 0 saturated heterocycles. The van der Waals surface area contributed by atoms with E-state index in [-0.39, 0.29) is 6.61 Å². The maximum absolute atomic E-state index is 12.2. The van der Waals surface area contributed by atoms with Crippen LogP contribution in [-0.2, 0) is 27.5 Å². The second-order valence-electron chi connectivity index (χ2n) is 5.47. The minimum absolute atomic E-state index is 0.160. The van der Waals surface area contributed by atoms with Gasteiger partial charge in [-0.15, -0.1) is 0 Å². The largest absolute Gasteiger partial charge is 0.496 e. The molecule has 128 valence electrons. The maximum atomic E-state index is 12.2. The van der Waals surface area contributed by atoms with Crippen LogP contribution in [0.1, 0.15) is 24.5 Å². The molecule has 0 saturated carbocycles. The molecule has 25 heavy (non-hydrogen) atoms. The Bertz CT molecular complexity index is 733. The van der Waals surface area contributed by atoms with Gasteiger partial charge in [-0.2, -0.15) is 0 Å². The molecule has 0 heterocycles. The third-order valence-corrected chi connectivity index (χ3v) is 3.66. The van der Waals surface area contributed by atoms with Gasteiger partial charge < -0.3 is 9.47 Å². The molecule has 2 rings (SSSR count). The third-order valence-electron chi connectivity index (χ3n) is 3.66. The second kappa shape index (κ2) is 9.94. The molecule has 0 bridgehead atoms. The highest BCUT2D eigenvalue weighted by molar-refractivity contribution is 5.81. The average molecular weight is 335 g/mol.